The Morgan fingerprint density at radius 3 is 2.86 bits per heavy atom. The first-order chi connectivity index (χ1) is 6.83. The molecule has 1 heterocycles. The summed E-state index contributed by atoms with van der Waals surface area (Å²) in [5, 5.41) is 0. The normalized spacial score (nSPS) is 12.7. The van der Waals surface area contributed by atoms with Crippen LogP contribution in [-0.2, 0) is 6.42 Å². The number of nitrogens with zero attached hydrogens (tertiary/aromatic N) is 1. The van der Waals surface area contributed by atoms with E-state index in [2.05, 4.69) is 18.0 Å². The van der Waals surface area contributed by atoms with Crippen molar-refractivity contribution in [2.75, 3.05) is 0 Å². The Morgan fingerprint density at radius 2 is 2.21 bits per heavy atom. The highest BCUT2D eigenvalue weighted by Crippen LogP contribution is 2.06. The van der Waals surface area contributed by atoms with Crippen molar-refractivity contribution in [1.82, 2.24) is 4.98 Å². The fourth-order valence-electron chi connectivity index (χ4n) is 1.61. The van der Waals surface area contributed by atoms with E-state index in [0.717, 1.165) is 25.7 Å². The standard InChI is InChI=1S/C12H20N2/c1-2-6-11(13)7-5-9-12-8-3-4-10-14-12/h3-4,8,10-11H,2,5-7,9,13H2,1H3. The number of aromatic nitrogens is 1. The van der Waals surface area contributed by atoms with E-state index in [-0.39, 0.29) is 0 Å². The number of hydrogen-bond acceptors (Lipinski definition) is 2. The zero-order valence-electron chi connectivity index (χ0n) is 8.95. The summed E-state index contributed by atoms with van der Waals surface area (Å²) in [6.07, 6.45) is 7.50. The van der Waals surface area contributed by atoms with Crippen LogP contribution < -0.4 is 5.73 Å². The van der Waals surface area contributed by atoms with Crippen molar-refractivity contribution >= 4 is 0 Å². The van der Waals surface area contributed by atoms with Gasteiger partial charge in [0.05, 0.1) is 0 Å². The third kappa shape index (κ3) is 4.38. The predicted molar refractivity (Wildman–Crippen MR) is 60.1 cm³/mol. The molecule has 0 bridgehead atoms. The molecule has 2 N–H and O–H groups in total. The Balaban J connectivity index is 2.16. The molecule has 0 aromatic carbocycles. The summed E-state index contributed by atoms with van der Waals surface area (Å²) in [6.45, 7) is 2.18. The maximum absolute atomic E-state index is 5.93. The molecule has 1 unspecified atom stereocenters. The van der Waals surface area contributed by atoms with Crippen LogP contribution in [0, 0.1) is 0 Å². The summed E-state index contributed by atoms with van der Waals surface area (Å²) < 4.78 is 0. The summed E-state index contributed by atoms with van der Waals surface area (Å²) in [7, 11) is 0. The molecule has 78 valence electrons. The van der Waals surface area contributed by atoms with Gasteiger partial charge >= 0.3 is 0 Å². The van der Waals surface area contributed by atoms with Gasteiger partial charge in [-0.05, 0) is 37.8 Å². The summed E-state index contributed by atoms with van der Waals surface area (Å²) in [5.41, 5.74) is 7.10. The molecule has 0 saturated heterocycles. The number of aryl methyl sites for hydroxylation is 1. The van der Waals surface area contributed by atoms with Crippen molar-refractivity contribution in [1.29, 1.82) is 0 Å². The molecular weight excluding hydrogens is 172 g/mol. The Morgan fingerprint density at radius 1 is 1.36 bits per heavy atom. The van der Waals surface area contributed by atoms with Gasteiger partial charge in [-0.1, -0.05) is 19.4 Å². The van der Waals surface area contributed by atoms with Crippen LogP contribution in [0.25, 0.3) is 0 Å². The van der Waals surface area contributed by atoms with E-state index in [0.29, 0.717) is 6.04 Å². The van der Waals surface area contributed by atoms with Crippen molar-refractivity contribution in [3.8, 4) is 0 Å². The van der Waals surface area contributed by atoms with E-state index in [1.54, 1.807) is 0 Å². The third-order valence-corrected chi connectivity index (χ3v) is 2.39. The quantitative estimate of drug-likeness (QED) is 0.752. The Bertz CT molecular complexity index is 233. The first-order valence-corrected chi connectivity index (χ1v) is 5.48. The van der Waals surface area contributed by atoms with Crippen LogP contribution in [0.4, 0.5) is 0 Å². The van der Waals surface area contributed by atoms with Crippen molar-refractivity contribution in [2.45, 2.75) is 45.1 Å². The zero-order chi connectivity index (χ0) is 10.2. The van der Waals surface area contributed by atoms with Crippen LogP contribution in [0.15, 0.2) is 24.4 Å². The van der Waals surface area contributed by atoms with Crippen molar-refractivity contribution < 1.29 is 0 Å². The predicted octanol–water partition coefficient (Wildman–Crippen LogP) is 2.53. The van der Waals surface area contributed by atoms with Crippen LogP contribution in [0.5, 0.6) is 0 Å². The van der Waals surface area contributed by atoms with E-state index in [1.165, 1.54) is 12.1 Å². The second-order valence-corrected chi connectivity index (χ2v) is 3.76. The maximum Gasteiger partial charge on any atom is 0.0403 e. The molecule has 0 aliphatic rings. The van der Waals surface area contributed by atoms with Gasteiger partial charge in [-0.15, -0.1) is 0 Å². The molecule has 0 saturated carbocycles. The molecule has 1 aromatic rings. The number of pyridine rings is 1. The molecule has 0 amide bonds. The lowest BCUT2D eigenvalue weighted by Crippen LogP contribution is -2.19. The Hall–Kier alpha value is -0.890. The molecule has 2 heteroatoms. The number of nitrogens with two attached hydrogens (primary N) is 1. The van der Waals surface area contributed by atoms with Crippen LogP contribution in [0.2, 0.25) is 0 Å². The number of rotatable bonds is 6. The average molecular weight is 192 g/mol. The van der Waals surface area contributed by atoms with Crippen LogP contribution >= 0.6 is 0 Å². The lowest BCUT2D eigenvalue weighted by atomic mass is 10.0. The molecule has 1 rings (SSSR count). The van der Waals surface area contributed by atoms with E-state index in [4.69, 9.17) is 5.73 Å². The number of hydrogen-bond donors (Lipinski definition) is 1. The second-order valence-electron chi connectivity index (χ2n) is 3.76. The first-order valence-electron chi connectivity index (χ1n) is 5.48. The minimum atomic E-state index is 0.378. The highest BCUT2D eigenvalue weighted by Gasteiger charge is 2.01. The molecule has 0 radical (unpaired) electrons. The molecule has 0 spiro atoms. The summed E-state index contributed by atoms with van der Waals surface area (Å²) in [4.78, 5) is 4.28. The van der Waals surface area contributed by atoms with Gasteiger partial charge in [0, 0.05) is 17.9 Å². The van der Waals surface area contributed by atoms with E-state index >= 15 is 0 Å². The van der Waals surface area contributed by atoms with Gasteiger partial charge in [-0.25, -0.2) is 0 Å². The SMILES string of the molecule is CCCC(N)CCCc1ccccn1. The van der Waals surface area contributed by atoms with Crippen molar-refractivity contribution in [3.63, 3.8) is 0 Å². The van der Waals surface area contributed by atoms with Crippen LogP contribution in [0.1, 0.15) is 38.3 Å². The minimum Gasteiger partial charge on any atom is -0.328 e. The van der Waals surface area contributed by atoms with Crippen molar-refractivity contribution in [3.05, 3.63) is 30.1 Å². The van der Waals surface area contributed by atoms with Crippen LogP contribution in [0.3, 0.4) is 0 Å². The maximum atomic E-state index is 5.93. The smallest absolute Gasteiger partial charge is 0.0403 e. The monoisotopic (exact) mass is 192 g/mol. The van der Waals surface area contributed by atoms with E-state index in [1.807, 2.05) is 18.3 Å². The molecule has 0 fully saturated rings. The zero-order valence-corrected chi connectivity index (χ0v) is 8.95. The van der Waals surface area contributed by atoms with Gasteiger partial charge < -0.3 is 5.73 Å². The van der Waals surface area contributed by atoms with Crippen LogP contribution in [-0.4, -0.2) is 11.0 Å². The summed E-state index contributed by atoms with van der Waals surface area (Å²) in [5.74, 6) is 0. The Kier molecular flexibility index (Phi) is 5.23. The average Bonchev–Trinajstić information content (AvgIpc) is 2.20. The fraction of sp³-hybridized carbons (Fsp3) is 0.583. The molecule has 0 aliphatic carbocycles. The summed E-state index contributed by atoms with van der Waals surface area (Å²) >= 11 is 0. The summed E-state index contributed by atoms with van der Waals surface area (Å²) in [6, 6.07) is 6.44. The van der Waals surface area contributed by atoms with Gasteiger partial charge in [-0.3, -0.25) is 4.98 Å². The largest absolute Gasteiger partial charge is 0.328 e. The van der Waals surface area contributed by atoms with Gasteiger partial charge in [0.1, 0.15) is 0 Å². The minimum absolute atomic E-state index is 0.378. The van der Waals surface area contributed by atoms with E-state index in [9.17, 15) is 0 Å². The van der Waals surface area contributed by atoms with Gasteiger partial charge in [0.25, 0.3) is 0 Å². The lowest BCUT2D eigenvalue weighted by molar-refractivity contribution is 0.537. The Labute approximate surface area is 86.5 Å². The van der Waals surface area contributed by atoms with E-state index < -0.39 is 0 Å². The molecule has 2 nitrogen and oxygen atoms in total. The molecular formula is C12H20N2. The first kappa shape index (κ1) is 11.2. The topological polar surface area (TPSA) is 38.9 Å². The van der Waals surface area contributed by atoms with Crippen molar-refractivity contribution in [2.24, 2.45) is 5.73 Å². The molecule has 14 heavy (non-hydrogen) atoms. The molecule has 1 atom stereocenters. The molecule has 0 aliphatic heterocycles. The van der Waals surface area contributed by atoms with Gasteiger partial charge in [-0.2, -0.15) is 0 Å². The highest BCUT2D eigenvalue weighted by atomic mass is 14.7. The lowest BCUT2D eigenvalue weighted by Gasteiger charge is -2.08. The van der Waals surface area contributed by atoms with Gasteiger partial charge in [0.2, 0.25) is 0 Å². The fourth-order valence-corrected chi connectivity index (χ4v) is 1.61. The second kappa shape index (κ2) is 6.55. The highest BCUT2D eigenvalue weighted by molar-refractivity contribution is 5.03. The third-order valence-electron chi connectivity index (χ3n) is 2.39. The van der Waals surface area contributed by atoms with Gasteiger partial charge in [0.15, 0.2) is 0 Å². The molecule has 1 aromatic heterocycles.